The van der Waals surface area contributed by atoms with E-state index in [4.69, 9.17) is 4.74 Å². The number of hydrogen-bond acceptors (Lipinski definition) is 8. The number of thioether (sulfide) groups is 1. The van der Waals surface area contributed by atoms with E-state index in [9.17, 15) is 13.2 Å². The molecular weight excluding hydrogens is 517 g/mol. The maximum Gasteiger partial charge on any atom is 0.264 e. The van der Waals surface area contributed by atoms with E-state index in [2.05, 4.69) is 15.5 Å². The third-order valence-corrected chi connectivity index (χ3v) is 8.48. The van der Waals surface area contributed by atoms with Crippen molar-refractivity contribution in [3.05, 3.63) is 78.9 Å². The average Bonchev–Trinajstić information content (AvgIpc) is 3.37. The Balaban J connectivity index is 1.59. The van der Waals surface area contributed by atoms with Crippen LogP contribution < -0.4 is 14.4 Å². The predicted molar refractivity (Wildman–Crippen MR) is 144 cm³/mol. The Hall–Kier alpha value is -3.41. The SMILES string of the molecule is CCOc1ccc(N(CC(=O)Nc2nnc(-c3ccccc3)s2)S(=O)(=O)c2ccc(SC)cc2)cc1. The van der Waals surface area contributed by atoms with Crippen molar-refractivity contribution in [3.8, 4) is 16.3 Å². The third-order valence-electron chi connectivity index (χ3n) is 5.06. The number of carbonyl (C=O) groups excluding carboxylic acids is 1. The first kappa shape index (κ1) is 25.7. The summed E-state index contributed by atoms with van der Waals surface area (Å²) in [4.78, 5) is 14.0. The highest BCUT2D eigenvalue weighted by Gasteiger charge is 2.28. The molecule has 8 nitrogen and oxygen atoms in total. The number of nitrogens with zero attached hydrogens (tertiary/aromatic N) is 3. The van der Waals surface area contributed by atoms with Crippen LogP contribution in [0, 0.1) is 0 Å². The van der Waals surface area contributed by atoms with Crippen molar-refractivity contribution in [2.24, 2.45) is 0 Å². The van der Waals surface area contributed by atoms with Crippen LogP contribution in [0.2, 0.25) is 0 Å². The Morgan fingerprint density at radius 2 is 1.69 bits per heavy atom. The molecule has 0 radical (unpaired) electrons. The summed E-state index contributed by atoms with van der Waals surface area (Å²) in [7, 11) is -4.04. The van der Waals surface area contributed by atoms with Crippen LogP contribution in [0.5, 0.6) is 5.75 Å². The van der Waals surface area contributed by atoms with E-state index in [1.807, 2.05) is 43.5 Å². The van der Waals surface area contributed by atoms with Crippen LogP contribution in [-0.2, 0) is 14.8 Å². The van der Waals surface area contributed by atoms with E-state index >= 15 is 0 Å². The summed E-state index contributed by atoms with van der Waals surface area (Å²) in [6.45, 7) is 1.91. The van der Waals surface area contributed by atoms with Crippen LogP contribution in [-0.4, -0.2) is 43.9 Å². The van der Waals surface area contributed by atoms with Crippen LogP contribution in [0.4, 0.5) is 10.8 Å². The number of sulfonamides is 1. The molecule has 0 atom stereocenters. The second kappa shape index (κ2) is 11.5. The molecule has 1 heterocycles. The Labute approximate surface area is 218 Å². The molecule has 1 amide bonds. The monoisotopic (exact) mass is 540 g/mol. The number of carbonyl (C=O) groups is 1. The van der Waals surface area contributed by atoms with Gasteiger partial charge in [-0.25, -0.2) is 8.42 Å². The second-order valence-corrected chi connectivity index (χ2v) is 11.2. The molecule has 0 fully saturated rings. The largest absolute Gasteiger partial charge is 0.494 e. The third kappa shape index (κ3) is 6.04. The molecule has 4 aromatic rings. The molecule has 3 aromatic carbocycles. The summed E-state index contributed by atoms with van der Waals surface area (Å²) in [6, 6.07) is 22.6. The van der Waals surface area contributed by atoms with Crippen LogP contribution in [0.3, 0.4) is 0 Å². The molecule has 0 bridgehead atoms. The zero-order valence-corrected chi connectivity index (χ0v) is 22.1. The summed E-state index contributed by atoms with van der Waals surface area (Å²) in [5.74, 6) is 0.0682. The Morgan fingerprint density at radius 3 is 2.33 bits per heavy atom. The summed E-state index contributed by atoms with van der Waals surface area (Å²) in [6.07, 6.45) is 1.91. The molecule has 0 spiro atoms. The molecule has 0 aliphatic carbocycles. The molecular formula is C25H24N4O4S3. The second-order valence-electron chi connectivity index (χ2n) is 7.44. The van der Waals surface area contributed by atoms with E-state index in [0.717, 1.165) is 14.8 Å². The lowest BCUT2D eigenvalue weighted by atomic mass is 10.2. The molecule has 1 N–H and O–H groups in total. The lowest BCUT2D eigenvalue weighted by Gasteiger charge is -2.24. The summed E-state index contributed by atoms with van der Waals surface area (Å²) in [5.41, 5.74) is 1.22. The number of benzene rings is 3. The van der Waals surface area contributed by atoms with E-state index in [1.54, 1.807) is 36.4 Å². The highest BCUT2D eigenvalue weighted by molar-refractivity contribution is 7.98. The Bertz CT molecular complexity index is 1410. The van der Waals surface area contributed by atoms with Crippen molar-refractivity contribution in [3.63, 3.8) is 0 Å². The standard InChI is InChI=1S/C25H24N4O4S3/c1-3-33-20-11-9-19(10-12-20)29(36(31,32)22-15-13-21(34-2)14-16-22)17-23(30)26-25-28-27-24(35-25)18-7-5-4-6-8-18/h4-16H,3,17H2,1-2H3,(H,26,28,30). The number of anilines is 2. The highest BCUT2D eigenvalue weighted by atomic mass is 32.2. The van der Waals surface area contributed by atoms with E-state index in [0.29, 0.717) is 23.1 Å². The summed E-state index contributed by atoms with van der Waals surface area (Å²) >= 11 is 2.72. The highest BCUT2D eigenvalue weighted by Crippen LogP contribution is 2.29. The van der Waals surface area contributed by atoms with Crippen molar-refractivity contribution in [2.45, 2.75) is 16.7 Å². The first-order valence-corrected chi connectivity index (χ1v) is 14.5. The van der Waals surface area contributed by atoms with Crippen molar-refractivity contribution >= 4 is 49.8 Å². The Kier molecular flexibility index (Phi) is 8.24. The quantitative estimate of drug-likeness (QED) is 0.277. The number of amides is 1. The van der Waals surface area contributed by atoms with E-state index < -0.39 is 22.5 Å². The van der Waals surface area contributed by atoms with Crippen LogP contribution in [0.15, 0.2) is 88.7 Å². The molecule has 0 saturated heterocycles. The van der Waals surface area contributed by atoms with E-state index in [1.165, 1.54) is 35.2 Å². The fourth-order valence-corrected chi connectivity index (χ4v) is 5.92. The first-order valence-electron chi connectivity index (χ1n) is 11.0. The minimum Gasteiger partial charge on any atom is -0.494 e. The van der Waals surface area contributed by atoms with Gasteiger partial charge in [-0.15, -0.1) is 22.0 Å². The maximum absolute atomic E-state index is 13.6. The fraction of sp³-hybridized carbons (Fsp3) is 0.160. The smallest absolute Gasteiger partial charge is 0.264 e. The van der Waals surface area contributed by atoms with Crippen LogP contribution in [0.1, 0.15) is 6.92 Å². The summed E-state index contributed by atoms with van der Waals surface area (Å²) < 4.78 is 33.8. The number of aromatic nitrogens is 2. The van der Waals surface area contributed by atoms with Gasteiger partial charge in [-0.3, -0.25) is 14.4 Å². The van der Waals surface area contributed by atoms with Crippen LogP contribution in [0.25, 0.3) is 10.6 Å². The van der Waals surface area contributed by atoms with Gasteiger partial charge in [0.25, 0.3) is 10.0 Å². The number of rotatable bonds is 10. The fourth-order valence-electron chi connectivity index (χ4n) is 3.33. The zero-order valence-electron chi connectivity index (χ0n) is 19.6. The van der Waals surface area contributed by atoms with E-state index in [-0.39, 0.29) is 10.0 Å². The maximum atomic E-state index is 13.6. The molecule has 186 valence electrons. The molecule has 1 aromatic heterocycles. The molecule has 11 heteroatoms. The Morgan fingerprint density at radius 1 is 1.00 bits per heavy atom. The average molecular weight is 541 g/mol. The van der Waals surface area contributed by atoms with Gasteiger partial charge in [-0.2, -0.15) is 0 Å². The van der Waals surface area contributed by atoms with Gasteiger partial charge in [-0.1, -0.05) is 41.7 Å². The topological polar surface area (TPSA) is 101 Å². The van der Waals surface area contributed by atoms with Gasteiger partial charge in [0.1, 0.15) is 17.3 Å². The van der Waals surface area contributed by atoms with Crippen molar-refractivity contribution in [1.82, 2.24) is 10.2 Å². The predicted octanol–water partition coefficient (Wildman–Crippen LogP) is 5.16. The van der Waals surface area contributed by atoms with Crippen LogP contribution >= 0.6 is 23.1 Å². The number of nitrogens with one attached hydrogen (secondary N) is 1. The van der Waals surface area contributed by atoms with Crippen molar-refractivity contribution in [2.75, 3.05) is 29.0 Å². The number of hydrogen-bond donors (Lipinski definition) is 1. The normalized spacial score (nSPS) is 11.2. The van der Waals surface area contributed by atoms with Crippen molar-refractivity contribution in [1.29, 1.82) is 0 Å². The molecule has 0 saturated carbocycles. The van der Waals surface area contributed by atoms with Gasteiger partial charge < -0.3 is 4.74 Å². The van der Waals surface area contributed by atoms with Gasteiger partial charge >= 0.3 is 0 Å². The van der Waals surface area contributed by atoms with Gasteiger partial charge in [-0.05, 0) is 61.7 Å². The van der Waals surface area contributed by atoms with Gasteiger partial charge in [0, 0.05) is 10.5 Å². The lowest BCUT2D eigenvalue weighted by molar-refractivity contribution is -0.114. The first-order chi connectivity index (χ1) is 17.4. The summed E-state index contributed by atoms with van der Waals surface area (Å²) in [5, 5.41) is 11.8. The zero-order chi connectivity index (χ0) is 25.5. The molecule has 36 heavy (non-hydrogen) atoms. The van der Waals surface area contributed by atoms with Gasteiger partial charge in [0.05, 0.1) is 17.2 Å². The minimum absolute atomic E-state index is 0.0873. The number of ether oxygens (including phenoxy) is 1. The van der Waals surface area contributed by atoms with Crippen molar-refractivity contribution < 1.29 is 17.9 Å². The van der Waals surface area contributed by atoms with Gasteiger partial charge in [0.2, 0.25) is 11.0 Å². The molecule has 0 aliphatic heterocycles. The van der Waals surface area contributed by atoms with Gasteiger partial charge in [0.15, 0.2) is 0 Å². The molecule has 0 aliphatic rings. The molecule has 4 rings (SSSR count). The minimum atomic E-state index is -4.04. The molecule has 0 unspecified atom stereocenters. The lowest BCUT2D eigenvalue weighted by Crippen LogP contribution is -2.38.